The van der Waals surface area contributed by atoms with Crippen LogP contribution < -0.4 is 15.0 Å². The van der Waals surface area contributed by atoms with Crippen molar-refractivity contribution in [2.45, 2.75) is 46.3 Å². The minimum atomic E-state index is -0.574. The minimum Gasteiger partial charge on any atom is -0.477 e. The summed E-state index contributed by atoms with van der Waals surface area (Å²) in [6.45, 7) is 10.9. The highest BCUT2D eigenvalue weighted by Gasteiger charge is 2.32. The van der Waals surface area contributed by atoms with Crippen LogP contribution in [0.2, 0.25) is 0 Å². The zero-order valence-corrected chi connectivity index (χ0v) is 21.9. The standard InChI is InChI=1S/C25H32FN7O4/c1-7-36-22-18(21(34)28-17-10-16-14-31(6)30-20(16)19(26)11-17)12-27-23(29-22)32-8-9-33(15(2)13-32)24(35)37-25(3,4)5/h10-12,14-15H,7-9,13H2,1-6H3,(H,28,34)/t15-/m0/s1. The predicted molar refractivity (Wildman–Crippen MR) is 136 cm³/mol. The van der Waals surface area contributed by atoms with E-state index in [4.69, 9.17) is 9.47 Å². The molecule has 1 aliphatic rings. The fourth-order valence-corrected chi connectivity index (χ4v) is 4.13. The lowest BCUT2D eigenvalue weighted by Gasteiger charge is -2.40. The summed E-state index contributed by atoms with van der Waals surface area (Å²) in [5.74, 6) is -0.556. The Morgan fingerprint density at radius 1 is 1.24 bits per heavy atom. The first kappa shape index (κ1) is 26.1. The average Bonchev–Trinajstić information content (AvgIpc) is 3.18. The quantitative estimate of drug-likeness (QED) is 0.550. The third-order valence-electron chi connectivity index (χ3n) is 5.74. The molecule has 0 bridgehead atoms. The van der Waals surface area contributed by atoms with Gasteiger partial charge in [-0.3, -0.25) is 9.48 Å². The zero-order valence-electron chi connectivity index (χ0n) is 21.9. The van der Waals surface area contributed by atoms with Gasteiger partial charge in [-0.15, -0.1) is 0 Å². The van der Waals surface area contributed by atoms with Crippen LogP contribution in [0.1, 0.15) is 45.0 Å². The largest absolute Gasteiger partial charge is 0.477 e. The molecule has 0 unspecified atom stereocenters. The van der Waals surface area contributed by atoms with E-state index in [9.17, 15) is 14.0 Å². The van der Waals surface area contributed by atoms with Crippen LogP contribution in [0, 0.1) is 5.82 Å². The Balaban J connectivity index is 1.50. The maximum absolute atomic E-state index is 14.4. The number of piperazine rings is 1. The molecule has 11 nitrogen and oxygen atoms in total. The Kier molecular flexibility index (Phi) is 7.19. The molecule has 2 aromatic heterocycles. The number of aromatic nitrogens is 4. The topological polar surface area (TPSA) is 115 Å². The van der Waals surface area contributed by atoms with Gasteiger partial charge in [-0.2, -0.15) is 10.1 Å². The van der Waals surface area contributed by atoms with Gasteiger partial charge in [-0.25, -0.2) is 14.2 Å². The normalized spacial score (nSPS) is 16.1. The number of rotatable bonds is 5. The van der Waals surface area contributed by atoms with E-state index in [1.54, 1.807) is 31.1 Å². The fraction of sp³-hybridized carbons (Fsp3) is 0.480. The summed E-state index contributed by atoms with van der Waals surface area (Å²) in [5.41, 5.74) is 0.0542. The molecular weight excluding hydrogens is 481 g/mol. The summed E-state index contributed by atoms with van der Waals surface area (Å²) in [6.07, 6.45) is 2.71. The van der Waals surface area contributed by atoms with Crippen molar-refractivity contribution in [1.82, 2.24) is 24.6 Å². The third-order valence-corrected chi connectivity index (χ3v) is 5.74. The van der Waals surface area contributed by atoms with Gasteiger partial charge >= 0.3 is 6.09 Å². The first-order valence-electron chi connectivity index (χ1n) is 12.1. The second-order valence-electron chi connectivity index (χ2n) is 9.94. The van der Waals surface area contributed by atoms with Crippen molar-refractivity contribution in [3.8, 4) is 5.88 Å². The summed E-state index contributed by atoms with van der Waals surface area (Å²) in [5, 5.41) is 7.33. The summed E-state index contributed by atoms with van der Waals surface area (Å²) in [6, 6.07) is 2.72. The Labute approximate surface area is 214 Å². The summed E-state index contributed by atoms with van der Waals surface area (Å²) in [7, 11) is 1.70. The number of nitrogens with zero attached hydrogens (tertiary/aromatic N) is 6. The molecule has 1 N–H and O–H groups in total. The van der Waals surface area contributed by atoms with Crippen LogP contribution in [0.4, 0.5) is 20.8 Å². The van der Waals surface area contributed by atoms with E-state index < -0.39 is 17.3 Å². The Morgan fingerprint density at radius 2 is 2.00 bits per heavy atom. The molecule has 1 atom stereocenters. The van der Waals surface area contributed by atoms with Crippen LogP contribution in [0.3, 0.4) is 0 Å². The molecule has 12 heteroatoms. The Bertz CT molecular complexity index is 1320. The van der Waals surface area contributed by atoms with Crippen molar-refractivity contribution in [3.63, 3.8) is 0 Å². The average molecular weight is 514 g/mol. The molecule has 4 rings (SSSR count). The van der Waals surface area contributed by atoms with Gasteiger partial charge in [-0.1, -0.05) is 0 Å². The number of aryl methyl sites for hydroxylation is 1. The lowest BCUT2D eigenvalue weighted by Crippen LogP contribution is -2.55. The second kappa shape index (κ2) is 10.2. The van der Waals surface area contributed by atoms with E-state index in [2.05, 4.69) is 20.4 Å². The number of nitrogens with one attached hydrogen (secondary N) is 1. The van der Waals surface area contributed by atoms with E-state index in [0.29, 0.717) is 31.0 Å². The van der Waals surface area contributed by atoms with Gasteiger partial charge in [0.25, 0.3) is 5.91 Å². The molecule has 1 aliphatic heterocycles. The molecule has 198 valence electrons. The number of fused-ring (bicyclic) bond motifs is 1. The SMILES string of the molecule is CCOc1nc(N2CCN(C(=O)OC(C)(C)C)[C@@H](C)C2)ncc1C(=O)Nc1cc(F)c2nn(C)cc2c1. The van der Waals surface area contributed by atoms with Crippen molar-refractivity contribution in [2.75, 3.05) is 36.5 Å². The minimum absolute atomic E-state index is 0.121. The van der Waals surface area contributed by atoms with Gasteiger partial charge in [0, 0.05) is 56.2 Å². The molecule has 0 radical (unpaired) electrons. The second-order valence-corrected chi connectivity index (χ2v) is 9.94. The van der Waals surface area contributed by atoms with Crippen molar-refractivity contribution >= 4 is 34.5 Å². The maximum atomic E-state index is 14.4. The van der Waals surface area contributed by atoms with Crippen LogP contribution in [0.25, 0.3) is 10.9 Å². The summed E-state index contributed by atoms with van der Waals surface area (Å²) < 4.78 is 27.1. The van der Waals surface area contributed by atoms with Crippen molar-refractivity contribution in [3.05, 3.63) is 35.9 Å². The first-order valence-corrected chi connectivity index (χ1v) is 12.1. The van der Waals surface area contributed by atoms with Crippen molar-refractivity contribution < 1.29 is 23.5 Å². The first-order chi connectivity index (χ1) is 17.4. The van der Waals surface area contributed by atoms with Gasteiger partial charge in [0.05, 0.1) is 6.61 Å². The van der Waals surface area contributed by atoms with Crippen molar-refractivity contribution in [2.24, 2.45) is 7.05 Å². The zero-order chi connectivity index (χ0) is 26.9. The highest BCUT2D eigenvalue weighted by molar-refractivity contribution is 6.06. The molecule has 0 saturated carbocycles. The number of halogens is 1. The van der Waals surface area contributed by atoms with Gasteiger partial charge in [0.15, 0.2) is 5.82 Å². The van der Waals surface area contributed by atoms with Crippen LogP contribution >= 0.6 is 0 Å². The van der Waals surface area contributed by atoms with E-state index in [1.165, 1.54) is 16.9 Å². The van der Waals surface area contributed by atoms with E-state index >= 15 is 0 Å². The predicted octanol–water partition coefficient (Wildman–Crippen LogP) is 3.60. The third kappa shape index (κ3) is 5.89. The summed E-state index contributed by atoms with van der Waals surface area (Å²) in [4.78, 5) is 38.1. The molecular formula is C25H32FN7O4. The van der Waals surface area contributed by atoms with Crippen LogP contribution in [-0.4, -0.2) is 74.5 Å². The molecule has 37 heavy (non-hydrogen) atoms. The Morgan fingerprint density at radius 3 is 2.68 bits per heavy atom. The molecule has 1 saturated heterocycles. The highest BCUT2D eigenvalue weighted by atomic mass is 19.1. The van der Waals surface area contributed by atoms with Crippen LogP contribution in [0.5, 0.6) is 5.88 Å². The molecule has 0 spiro atoms. The maximum Gasteiger partial charge on any atom is 0.410 e. The number of hydrogen-bond donors (Lipinski definition) is 1. The molecule has 1 fully saturated rings. The number of hydrogen-bond acceptors (Lipinski definition) is 8. The van der Waals surface area contributed by atoms with Crippen molar-refractivity contribution in [1.29, 1.82) is 0 Å². The fourth-order valence-electron chi connectivity index (χ4n) is 4.13. The molecule has 3 heterocycles. The molecule has 2 amide bonds. The van der Waals surface area contributed by atoms with E-state index in [0.717, 1.165) is 0 Å². The van der Waals surface area contributed by atoms with E-state index in [1.807, 2.05) is 32.6 Å². The smallest absolute Gasteiger partial charge is 0.410 e. The number of carbonyl (C=O) groups excluding carboxylic acids is 2. The number of anilines is 2. The number of benzene rings is 1. The van der Waals surface area contributed by atoms with Crippen LogP contribution in [0.15, 0.2) is 24.5 Å². The summed E-state index contributed by atoms with van der Waals surface area (Å²) >= 11 is 0. The van der Waals surface area contributed by atoms with Gasteiger partial charge in [-0.05, 0) is 46.8 Å². The molecule has 3 aromatic rings. The van der Waals surface area contributed by atoms with Gasteiger partial charge in [0.1, 0.15) is 16.7 Å². The monoisotopic (exact) mass is 513 g/mol. The number of carbonyl (C=O) groups is 2. The number of amides is 2. The van der Waals surface area contributed by atoms with Crippen LogP contribution in [-0.2, 0) is 11.8 Å². The molecule has 1 aromatic carbocycles. The highest BCUT2D eigenvalue weighted by Crippen LogP contribution is 2.25. The van der Waals surface area contributed by atoms with Gasteiger partial charge in [0.2, 0.25) is 11.8 Å². The lowest BCUT2D eigenvalue weighted by molar-refractivity contribution is 0.0158. The molecule has 0 aliphatic carbocycles. The van der Waals surface area contributed by atoms with E-state index in [-0.39, 0.29) is 41.4 Å². The lowest BCUT2D eigenvalue weighted by atomic mass is 10.2. The Hall–Kier alpha value is -3.96. The number of ether oxygens (including phenoxy) is 2. The van der Waals surface area contributed by atoms with Gasteiger partial charge < -0.3 is 24.6 Å².